The molecule has 226 valence electrons. The molecular formula is C25H34BrF2N7O5S. The number of nitrogens with zero attached hydrogens (tertiary/aromatic N) is 5. The van der Waals surface area contributed by atoms with Crippen molar-refractivity contribution in [3.8, 4) is 0 Å². The number of ether oxygens (including phenoxy) is 2. The average molecular weight is 663 g/mol. The topological polar surface area (TPSA) is 131 Å². The second kappa shape index (κ2) is 11.3. The molecule has 1 saturated heterocycles. The molecule has 0 unspecified atom stereocenters. The maximum atomic E-state index is 15.2. The molecule has 4 rings (SSSR count). The van der Waals surface area contributed by atoms with Gasteiger partial charge in [-0.25, -0.2) is 28.0 Å². The zero-order chi connectivity index (χ0) is 30.3. The minimum Gasteiger partial charge on any atom is -0.444 e. The smallest absolute Gasteiger partial charge is 0.412 e. The summed E-state index contributed by atoms with van der Waals surface area (Å²) < 4.78 is 42.9. The van der Waals surface area contributed by atoms with E-state index in [4.69, 9.17) is 9.47 Å². The van der Waals surface area contributed by atoms with Crippen LogP contribution in [0.25, 0.3) is 0 Å². The molecule has 2 aromatic rings. The van der Waals surface area contributed by atoms with Crippen LogP contribution >= 0.6 is 27.3 Å². The van der Waals surface area contributed by atoms with E-state index in [1.165, 1.54) is 11.1 Å². The van der Waals surface area contributed by atoms with E-state index in [1.807, 2.05) is 0 Å². The fourth-order valence-corrected chi connectivity index (χ4v) is 5.46. The Kier molecular flexibility index (Phi) is 8.56. The SMILES string of the molecule is CC(C)(C)OC(=O)Nc1sc(Br)nc1C(=O)Nc1cnn(C2CC2)c1N1CCN(C(=O)OC(C)(C)C)CC(F)(F)C1. The summed E-state index contributed by atoms with van der Waals surface area (Å²) in [7, 11) is 0. The van der Waals surface area contributed by atoms with E-state index in [0.717, 1.165) is 29.1 Å². The number of carbonyl (C=O) groups excluding carboxylic acids is 3. The summed E-state index contributed by atoms with van der Waals surface area (Å²) in [6.07, 6.45) is 1.47. The molecule has 0 atom stereocenters. The Morgan fingerprint density at radius 3 is 2.32 bits per heavy atom. The summed E-state index contributed by atoms with van der Waals surface area (Å²) in [5.74, 6) is -3.63. The summed E-state index contributed by atoms with van der Waals surface area (Å²) in [5, 5.41) is 9.81. The Balaban J connectivity index is 1.58. The molecule has 1 aliphatic heterocycles. The number of aromatic nitrogens is 3. The van der Waals surface area contributed by atoms with Gasteiger partial charge >= 0.3 is 12.2 Å². The van der Waals surface area contributed by atoms with E-state index < -0.39 is 48.3 Å². The van der Waals surface area contributed by atoms with Gasteiger partial charge in [0.2, 0.25) is 0 Å². The molecule has 3 amide bonds. The molecule has 2 aromatic heterocycles. The summed E-state index contributed by atoms with van der Waals surface area (Å²) in [5.41, 5.74) is -1.47. The fraction of sp³-hybridized carbons (Fsp3) is 0.640. The third kappa shape index (κ3) is 8.27. The highest BCUT2D eigenvalue weighted by Gasteiger charge is 2.42. The maximum Gasteiger partial charge on any atom is 0.412 e. The van der Waals surface area contributed by atoms with E-state index in [2.05, 4.69) is 36.6 Å². The Morgan fingerprint density at radius 2 is 1.71 bits per heavy atom. The van der Waals surface area contributed by atoms with Crippen LogP contribution in [0, 0.1) is 0 Å². The Morgan fingerprint density at radius 1 is 1.05 bits per heavy atom. The van der Waals surface area contributed by atoms with Gasteiger partial charge in [0, 0.05) is 13.1 Å². The van der Waals surface area contributed by atoms with E-state index in [-0.39, 0.29) is 35.5 Å². The van der Waals surface area contributed by atoms with Crippen LogP contribution in [0.3, 0.4) is 0 Å². The van der Waals surface area contributed by atoms with Crippen LogP contribution in [0.5, 0.6) is 0 Å². The molecule has 0 bridgehead atoms. The summed E-state index contributed by atoms with van der Waals surface area (Å²) in [4.78, 5) is 44.9. The number of nitrogens with one attached hydrogen (secondary N) is 2. The van der Waals surface area contributed by atoms with E-state index in [9.17, 15) is 14.4 Å². The minimum atomic E-state index is -3.27. The van der Waals surface area contributed by atoms with Gasteiger partial charge in [0.05, 0.1) is 25.3 Å². The molecule has 0 spiro atoms. The van der Waals surface area contributed by atoms with E-state index in [0.29, 0.717) is 9.73 Å². The lowest BCUT2D eigenvalue weighted by Crippen LogP contribution is -2.44. The van der Waals surface area contributed by atoms with Crippen molar-refractivity contribution in [2.24, 2.45) is 0 Å². The van der Waals surface area contributed by atoms with Gasteiger partial charge in [-0.2, -0.15) is 5.10 Å². The summed E-state index contributed by atoms with van der Waals surface area (Å²) in [6.45, 7) is 8.69. The second-order valence-corrected chi connectivity index (χ2v) is 14.2. The molecule has 1 saturated carbocycles. The van der Waals surface area contributed by atoms with Crippen molar-refractivity contribution in [1.29, 1.82) is 0 Å². The first-order valence-corrected chi connectivity index (χ1v) is 14.7. The molecule has 2 aliphatic rings. The molecule has 41 heavy (non-hydrogen) atoms. The lowest BCUT2D eigenvalue weighted by Gasteiger charge is -2.27. The van der Waals surface area contributed by atoms with Crippen molar-refractivity contribution in [3.05, 3.63) is 15.8 Å². The number of alkyl halides is 2. The molecule has 0 aromatic carbocycles. The monoisotopic (exact) mass is 661 g/mol. The van der Waals surface area contributed by atoms with Crippen molar-refractivity contribution >= 4 is 61.9 Å². The highest BCUT2D eigenvalue weighted by atomic mass is 79.9. The number of hydrogen-bond donors (Lipinski definition) is 2. The number of rotatable bonds is 5. The van der Waals surface area contributed by atoms with Crippen LogP contribution in [0.15, 0.2) is 10.1 Å². The van der Waals surface area contributed by atoms with Gasteiger partial charge in [0.1, 0.15) is 21.9 Å². The van der Waals surface area contributed by atoms with Crippen LogP contribution in [0.2, 0.25) is 0 Å². The van der Waals surface area contributed by atoms with Crippen molar-refractivity contribution in [3.63, 3.8) is 0 Å². The van der Waals surface area contributed by atoms with Crippen LogP contribution in [-0.4, -0.2) is 81.1 Å². The first-order chi connectivity index (χ1) is 18.9. The van der Waals surface area contributed by atoms with Crippen molar-refractivity contribution in [2.75, 3.05) is 41.7 Å². The summed E-state index contributed by atoms with van der Waals surface area (Å²) >= 11 is 4.26. The zero-order valence-electron chi connectivity index (χ0n) is 23.7. The third-order valence-electron chi connectivity index (χ3n) is 5.78. The van der Waals surface area contributed by atoms with Gasteiger partial charge in [-0.05, 0) is 70.3 Å². The maximum absolute atomic E-state index is 15.2. The van der Waals surface area contributed by atoms with Crippen molar-refractivity contribution in [2.45, 2.75) is 77.6 Å². The molecule has 12 nitrogen and oxygen atoms in total. The number of thiazole rings is 1. The predicted molar refractivity (Wildman–Crippen MR) is 153 cm³/mol. The highest BCUT2D eigenvalue weighted by molar-refractivity contribution is 9.11. The molecule has 3 heterocycles. The Bertz CT molecular complexity index is 1320. The summed E-state index contributed by atoms with van der Waals surface area (Å²) in [6, 6.07) is 0.00676. The zero-order valence-corrected chi connectivity index (χ0v) is 26.1. The minimum absolute atomic E-state index is 0.00676. The van der Waals surface area contributed by atoms with Gasteiger partial charge in [0.25, 0.3) is 11.8 Å². The van der Waals surface area contributed by atoms with Crippen molar-refractivity contribution in [1.82, 2.24) is 19.7 Å². The van der Waals surface area contributed by atoms with Crippen LogP contribution in [-0.2, 0) is 9.47 Å². The number of anilines is 3. The number of hydrogen-bond acceptors (Lipinski definition) is 9. The molecule has 2 fully saturated rings. The molecular weight excluding hydrogens is 628 g/mol. The average Bonchev–Trinajstić information content (AvgIpc) is 3.49. The van der Waals surface area contributed by atoms with Crippen LogP contribution in [0.4, 0.5) is 34.9 Å². The lowest BCUT2D eigenvalue weighted by molar-refractivity contribution is -0.0285. The Hall–Kier alpha value is -3.01. The number of halogens is 3. The Labute approximate surface area is 248 Å². The lowest BCUT2D eigenvalue weighted by atomic mass is 10.2. The predicted octanol–water partition coefficient (Wildman–Crippen LogP) is 5.73. The number of carbonyl (C=O) groups is 3. The van der Waals surface area contributed by atoms with E-state index >= 15 is 8.78 Å². The largest absolute Gasteiger partial charge is 0.444 e. The van der Waals surface area contributed by atoms with Gasteiger partial charge in [0.15, 0.2) is 15.4 Å². The van der Waals surface area contributed by atoms with Crippen LogP contribution in [0.1, 0.15) is 70.9 Å². The van der Waals surface area contributed by atoms with Gasteiger partial charge < -0.3 is 24.6 Å². The van der Waals surface area contributed by atoms with Gasteiger partial charge in [-0.3, -0.25) is 10.1 Å². The molecule has 16 heteroatoms. The molecule has 2 N–H and O–H groups in total. The highest BCUT2D eigenvalue weighted by Crippen LogP contribution is 2.42. The van der Waals surface area contributed by atoms with Gasteiger partial charge in [-0.1, -0.05) is 11.3 Å². The normalized spacial score (nSPS) is 17.6. The number of amides is 3. The third-order valence-corrected chi connectivity index (χ3v) is 7.20. The first-order valence-electron chi connectivity index (χ1n) is 13.1. The van der Waals surface area contributed by atoms with Crippen molar-refractivity contribution < 1.29 is 32.6 Å². The van der Waals surface area contributed by atoms with Crippen LogP contribution < -0.4 is 15.5 Å². The molecule has 0 radical (unpaired) electrons. The first kappa shape index (κ1) is 30.9. The fourth-order valence-electron chi connectivity index (χ4n) is 4.13. The molecule has 1 aliphatic carbocycles. The van der Waals surface area contributed by atoms with Gasteiger partial charge in [-0.15, -0.1) is 0 Å². The van der Waals surface area contributed by atoms with E-state index in [1.54, 1.807) is 46.2 Å². The standard InChI is InChI=1S/C25H34BrF2N7O5S/c1-23(2,3)39-21(37)32-18-16(31-20(26)41-18)17(36)30-15-11-29-35(14-7-8-14)19(15)33-9-10-34(13-25(27,28)12-33)22(38)40-24(4,5)6/h11,14H,7-10,12-13H2,1-6H3,(H,30,36)(H,32,37). The quantitative estimate of drug-likeness (QED) is 0.416. The second-order valence-electron chi connectivity index (χ2n) is 12.0.